The molecule has 3 aromatic rings. The molecule has 0 saturated heterocycles. The van der Waals surface area contributed by atoms with Crippen molar-refractivity contribution in [1.29, 1.82) is 0 Å². The molecule has 0 aliphatic heterocycles. The maximum absolute atomic E-state index is 14.5. The molecule has 0 aliphatic carbocycles. The number of aromatic amines is 1. The Kier molecular flexibility index (Phi) is 5.77. The summed E-state index contributed by atoms with van der Waals surface area (Å²) in [6, 6.07) is 8.35. The number of benzene rings is 1. The summed E-state index contributed by atoms with van der Waals surface area (Å²) in [6.07, 6.45) is 1.52. The molecule has 2 heterocycles. The summed E-state index contributed by atoms with van der Waals surface area (Å²) >= 11 is 0. The van der Waals surface area contributed by atoms with Gasteiger partial charge >= 0.3 is 0 Å². The van der Waals surface area contributed by atoms with Crippen LogP contribution in [-0.2, 0) is 10.2 Å². The summed E-state index contributed by atoms with van der Waals surface area (Å²) in [7, 11) is -3.94. The Morgan fingerprint density at radius 2 is 1.96 bits per heavy atom. The van der Waals surface area contributed by atoms with Crippen LogP contribution < -0.4 is 15.4 Å². The van der Waals surface area contributed by atoms with Crippen LogP contribution in [0.25, 0.3) is 22.2 Å². The Hall–Kier alpha value is -2.33. The quantitative estimate of drug-likeness (QED) is 0.622. The molecular weight excluding hydrogens is 383 g/mol. The van der Waals surface area contributed by atoms with Crippen molar-refractivity contribution in [3.8, 4) is 11.1 Å². The third-order valence-corrected chi connectivity index (χ3v) is 4.43. The molecule has 7 nitrogen and oxygen atoms in total. The molecule has 2 aromatic heterocycles. The van der Waals surface area contributed by atoms with Crippen LogP contribution in [-0.4, -0.2) is 18.4 Å². The van der Waals surface area contributed by atoms with Gasteiger partial charge in [0, 0.05) is 29.3 Å². The van der Waals surface area contributed by atoms with Gasteiger partial charge in [-0.1, -0.05) is 12.1 Å². The molecule has 0 fully saturated rings. The van der Waals surface area contributed by atoms with E-state index in [1.165, 1.54) is 31.3 Å². The second-order valence-electron chi connectivity index (χ2n) is 5.56. The topological polar surface area (TPSA) is 118 Å². The first-order valence-electron chi connectivity index (χ1n) is 7.32. The average molecular weight is 399 g/mol. The monoisotopic (exact) mass is 398 g/mol. The van der Waals surface area contributed by atoms with Gasteiger partial charge < -0.3 is 4.98 Å². The van der Waals surface area contributed by atoms with Gasteiger partial charge in [-0.3, -0.25) is 4.79 Å². The normalized spacial score (nSPS) is 12.6. The van der Waals surface area contributed by atoms with Crippen LogP contribution in [0.2, 0.25) is 0 Å². The molecule has 1 aromatic carbocycles. The number of aromatic nitrogens is 2. The lowest BCUT2D eigenvalue weighted by Crippen LogP contribution is -2.33. The van der Waals surface area contributed by atoms with Gasteiger partial charge in [-0.05, 0) is 36.2 Å². The van der Waals surface area contributed by atoms with E-state index >= 15 is 0 Å². The van der Waals surface area contributed by atoms with Crippen LogP contribution in [0.5, 0.6) is 0 Å². The number of hydrogen-bond acceptors (Lipinski definition) is 4. The van der Waals surface area contributed by atoms with Crippen molar-refractivity contribution in [3.05, 3.63) is 64.3 Å². The standard InChI is InChI=1S/C16H15FN4O3S.ClH/c1-9(21-25(18,23)24)11-3-2-10(8-14(11)17)12-6-7-19-16-13(12)4-5-15(22)20-16;/h2-9,21H,1H3,(H2,18,23,24)(H,19,20,22);1H. The van der Waals surface area contributed by atoms with Crippen LogP contribution in [0.1, 0.15) is 18.5 Å². The van der Waals surface area contributed by atoms with E-state index in [1.54, 1.807) is 18.2 Å². The fraction of sp³-hybridized carbons (Fsp3) is 0.125. The van der Waals surface area contributed by atoms with E-state index < -0.39 is 22.1 Å². The van der Waals surface area contributed by atoms with Gasteiger partial charge in [0.15, 0.2) is 0 Å². The minimum absolute atomic E-state index is 0. The van der Waals surface area contributed by atoms with Gasteiger partial charge in [-0.25, -0.2) is 14.5 Å². The van der Waals surface area contributed by atoms with Crippen LogP contribution in [0.15, 0.2) is 47.4 Å². The number of rotatable bonds is 4. The Balaban J connectivity index is 0.00000243. The number of H-pyrrole nitrogens is 1. The zero-order valence-electron chi connectivity index (χ0n) is 13.6. The van der Waals surface area contributed by atoms with Gasteiger partial charge in [0.25, 0.3) is 10.2 Å². The molecule has 26 heavy (non-hydrogen) atoms. The lowest BCUT2D eigenvalue weighted by Gasteiger charge is -2.14. The minimum Gasteiger partial charge on any atom is -0.307 e. The molecule has 0 aliphatic rings. The fourth-order valence-electron chi connectivity index (χ4n) is 2.67. The summed E-state index contributed by atoms with van der Waals surface area (Å²) in [5.41, 5.74) is 1.56. The lowest BCUT2D eigenvalue weighted by atomic mass is 9.99. The van der Waals surface area contributed by atoms with Crippen molar-refractivity contribution < 1.29 is 12.8 Å². The summed E-state index contributed by atoms with van der Waals surface area (Å²) in [5, 5.41) is 5.59. The maximum atomic E-state index is 14.5. The first kappa shape index (κ1) is 20.0. The fourth-order valence-corrected chi connectivity index (χ4v) is 3.29. The highest BCUT2D eigenvalue weighted by Crippen LogP contribution is 2.29. The molecular formula is C16H16ClFN4O3S. The Morgan fingerprint density at radius 1 is 1.23 bits per heavy atom. The second kappa shape index (κ2) is 7.50. The third kappa shape index (κ3) is 4.25. The number of hydrogen-bond donors (Lipinski definition) is 3. The van der Waals surface area contributed by atoms with Crippen molar-refractivity contribution in [2.24, 2.45) is 5.14 Å². The van der Waals surface area contributed by atoms with Gasteiger partial charge in [-0.15, -0.1) is 12.4 Å². The molecule has 1 unspecified atom stereocenters. The number of fused-ring (bicyclic) bond motifs is 1. The minimum atomic E-state index is -3.94. The Morgan fingerprint density at radius 3 is 2.62 bits per heavy atom. The smallest absolute Gasteiger partial charge is 0.274 e. The van der Waals surface area contributed by atoms with Crippen molar-refractivity contribution >= 4 is 33.6 Å². The van der Waals surface area contributed by atoms with Crippen molar-refractivity contribution in [1.82, 2.24) is 14.7 Å². The maximum Gasteiger partial charge on any atom is 0.274 e. The molecule has 0 amide bonds. The Bertz CT molecular complexity index is 1120. The predicted molar refractivity (Wildman–Crippen MR) is 99.7 cm³/mol. The highest BCUT2D eigenvalue weighted by Gasteiger charge is 2.16. The zero-order valence-corrected chi connectivity index (χ0v) is 15.2. The first-order chi connectivity index (χ1) is 11.7. The molecule has 3 rings (SSSR count). The van der Waals surface area contributed by atoms with E-state index in [0.717, 1.165) is 0 Å². The molecule has 0 bridgehead atoms. The molecule has 10 heteroatoms. The SMILES string of the molecule is CC(NS(N)(=O)=O)c1ccc(-c2ccnc3[nH]c(=O)ccc23)cc1F.Cl. The van der Waals surface area contributed by atoms with Crippen LogP contribution >= 0.6 is 12.4 Å². The predicted octanol–water partition coefficient (Wildman–Crippen LogP) is 2.01. The van der Waals surface area contributed by atoms with Crippen molar-refractivity contribution in [2.45, 2.75) is 13.0 Å². The molecule has 0 saturated carbocycles. The molecule has 138 valence electrons. The van der Waals surface area contributed by atoms with E-state index in [2.05, 4.69) is 14.7 Å². The molecule has 4 N–H and O–H groups in total. The summed E-state index contributed by atoms with van der Waals surface area (Å²) < 4.78 is 38.8. The largest absolute Gasteiger partial charge is 0.307 e. The van der Waals surface area contributed by atoms with Crippen molar-refractivity contribution in [2.75, 3.05) is 0 Å². The highest BCUT2D eigenvalue weighted by atomic mass is 35.5. The van der Waals surface area contributed by atoms with E-state index in [9.17, 15) is 17.6 Å². The van der Waals surface area contributed by atoms with Crippen LogP contribution in [0.4, 0.5) is 4.39 Å². The Labute approximate surface area is 155 Å². The second-order valence-corrected chi connectivity index (χ2v) is 6.89. The number of pyridine rings is 2. The molecule has 1 atom stereocenters. The van der Waals surface area contributed by atoms with Gasteiger partial charge in [0.1, 0.15) is 11.5 Å². The van der Waals surface area contributed by atoms with E-state index in [4.69, 9.17) is 5.14 Å². The number of nitrogens with two attached hydrogens (primary N) is 1. The van der Waals surface area contributed by atoms with E-state index in [1.807, 2.05) is 0 Å². The van der Waals surface area contributed by atoms with Crippen LogP contribution in [0, 0.1) is 5.82 Å². The van der Waals surface area contributed by atoms with Gasteiger partial charge in [0.2, 0.25) is 5.56 Å². The van der Waals surface area contributed by atoms with Gasteiger partial charge in [-0.2, -0.15) is 13.1 Å². The lowest BCUT2D eigenvalue weighted by molar-refractivity contribution is 0.551. The summed E-state index contributed by atoms with van der Waals surface area (Å²) in [5.74, 6) is -0.574. The van der Waals surface area contributed by atoms with Crippen molar-refractivity contribution in [3.63, 3.8) is 0 Å². The summed E-state index contributed by atoms with van der Waals surface area (Å²) in [6.45, 7) is 1.50. The number of nitrogens with one attached hydrogen (secondary N) is 2. The van der Waals surface area contributed by atoms with E-state index in [-0.39, 0.29) is 23.5 Å². The average Bonchev–Trinajstić information content (AvgIpc) is 2.52. The summed E-state index contributed by atoms with van der Waals surface area (Å²) in [4.78, 5) is 18.1. The van der Waals surface area contributed by atoms with Gasteiger partial charge in [0.05, 0.1) is 0 Å². The van der Waals surface area contributed by atoms with E-state index in [0.29, 0.717) is 22.2 Å². The molecule has 0 spiro atoms. The third-order valence-electron chi connectivity index (χ3n) is 3.75. The number of halogens is 2. The van der Waals surface area contributed by atoms with Crippen LogP contribution in [0.3, 0.4) is 0 Å². The first-order valence-corrected chi connectivity index (χ1v) is 8.87. The highest BCUT2D eigenvalue weighted by molar-refractivity contribution is 7.87. The zero-order chi connectivity index (χ0) is 18.2. The number of nitrogens with zero attached hydrogens (tertiary/aromatic N) is 1. The molecule has 0 radical (unpaired) electrons.